The third kappa shape index (κ3) is 5.77. The molecule has 2 unspecified atom stereocenters. The van der Waals surface area contributed by atoms with Crippen LogP contribution < -0.4 is 25.3 Å². The second-order valence-corrected chi connectivity index (χ2v) is 12.9. The number of rotatable bonds is 8. The summed E-state index contributed by atoms with van der Waals surface area (Å²) in [4.78, 5) is 19.1. The van der Waals surface area contributed by atoms with E-state index in [2.05, 4.69) is 37.7 Å². The Hall–Kier alpha value is -3.43. The van der Waals surface area contributed by atoms with Crippen LogP contribution in [0.1, 0.15) is 28.8 Å². The second kappa shape index (κ2) is 11.3. The number of likely N-dealkylation sites (tertiary alicyclic amines) is 1. The van der Waals surface area contributed by atoms with Gasteiger partial charge in [0.05, 0.1) is 0 Å². The van der Waals surface area contributed by atoms with Crippen molar-refractivity contribution in [1.29, 1.82) is 0 Å². The Morgan fingerprint density at radius 3 is 2.83 bits per heavy atom. The molecule has 3 aromatic rings. The first-order valence-electron chi connectivity index (χ1n) is 13.7. The zero-order chi connectivity index (χ0) is 29.5. The molecule has 1 saturated carbocycles. The van der Waals surface area contributed by atoms with Gasteiger partial charge >= 0.3 is 248 Å². The molecule has 42 heavy (non-hydrogen) atoms. The van der Waals surface area contributed by atoms with E-state index >= 15 is 0 Å². The van der Waals surface area contributed by atoms with Gasteiger partial charge in [0.25, 0.3) is 0 Å². The third-order valence-electron chi connectivity index (χ3n) is 8.18. The van der Waals surface area contributed by atoms with Gasteiger partial charge in [-0.2, -0.15) is 0 Å². The average molecular weight is 648 g/mol. The standard InChI is InChI=1S/C29H31F3N6O3Se/c1-33-26(39)18-5-6-24(40-2)22(12-18)34-8-3-4-19-13-23-25(35-9-11-38(23)27(19)42-29(30,31)32)36-28-7-10-37(15-20(28)14-28)21-16-41-17-21/h5-6,9,11-13,20-21,34H,7-8,10,14-17H2,1-2H3,(H,33,39)(H,35,36). The van der Waals surface area contributed by atoms with E-state index in [0.29, 0.717) is 45.9 Å². The van der Waals surface area contributed by atoms with E-state index in [9.17, 15) is 18.0 Å². The molecule has 2 aromatic heterocycles. The van der Waals surface area contributed by atoms with Crippen molar-refractivity contribution in [3.05, 3.63) is 47.8 Å². The number of piperidine rings is 1. The molecule has 1 amide bonds. The SMILES string of the molecule is CNC(=O)c1ccc(OC)c(NCC#Cc2cc3c(NC45CCN(C6COC6)CC4C5)nccn3c2[Se]C(F)(F)F)c1. The van der Waals surface area contributed by atoms with Crippen LogP contribution in [0.3, 0.4) is 0 Å². The molecule has 3 fully saturated rings. The van der Waals surface area contributed by atoms with Crippen LogP contribution in [0, 0.1) is 17.8 Å². The van der Waals surface area contributed by atoms with Gasteiger partial charge in [0.2, 0.25) is 0 Å². The van der Waals surface area contributed by atoms with Gasteiger partial charge in [-0.25, -0.2) is 0 Å². The van der Waals surface area contributed by atoms with Crippen molar-refractivity contribution in [1.82, 2.24) is 19.6 Å². The Labute approximate surface area is 247 Å². The zero-order valence-corrected chi connectivity index (χ0v) is 24.9. The number of halogens is 3. The summed E-state index contributed by atoms with van der Waals surface area (Å²) in [5.74, 6) is 7.23. The van der Waals surface area contributed by atoms with Crippen LogP contribution in [0.4, 0.5) is 24.7 Å². The van der Waals surface area contributed by atoms with E-state index < -0.39 is 20.0 Å². The molecule has 1 aliphatic carbocycles. The molecule has 3 aliphatic rings. The zero-order valence-electron chi connectivity index (χ0n) is 23.2. The maximum absolute atomic E-state index is 13.7. The van der Waals surface area contributed by atoms with E-state index in [0.717, 1.165) is 39.1 Å². The number of carbonyl (C=O) groups is 1. The van der Waals surface area contributed by atoms with E-state index in [4.69, 9.17) is 9.47 Å². The van der Waals surface area contributed by atoms with Gasteiger partial charge in [0, 0.05) is 0 Å². The Morgan fingerprint density at radius 1 is 1.31 bits per heavy atom. The number of anilines is 2. The Morgan fingerprint density at radius 2 is 2.14 bits per heavy atom. The van der Waals surface area contributed by atoms with Gasteiger partial charge in [-0.15, -0.1) is 0 Å². The first-order valence-corrected chi connectivity index (χ1v) is 15.4. The van der Waals surface area contributed by atoms with E-state index in [1.54, 1.807) is 48.1 Å². The number of amides is 1. The van der Waals surface area contributed by atoms with Crippen molar-refractivity contribution >= 4 is 42.5 Å². The number of fused-ring (bicyclic) bond motifs is 2. The van der Waals surface area contributed by atoms with Gasteiger partial charge in [0.1, 0.15) is 0 Å². The van der Waals surface area contributed by atoms with Crippen LogP contribution in [0.5, 0.6) is 5.75 Å². The fraction of sp³-hybridized carbons (Fsp3) is 0.448. The van der Waals surface area contributed by atoms with E-state index in [-0.39, 0.29) is 22.6 Å². The van der Waals surface area contributed by atoms with Gasteiger partial charge in [-0.1, -0.05) is 0 Å². The van der Waals surface area contributed by atoms with Crippen molar-refractivity contribution in [2.24, 2.45) is 5.92 Å². The summed E-state index contributed by atoms with van der Waals surface area (Å²) < 4.78 is 53.5. The van der Waals surface area contributed by atoms with Crippen molar-refractivity contribution in [3.8, 4) is 17.6 Å². The molecule has 222 valence electrons. The topological polar surface area (TPSA) is 92.2 Å². The minimum absolute atomic E-state index is 0.0758. The van der Waals surface area contributed by atoms with Gasteiger partial charge < -0.3 is 0 Å². The number of carbonyl (C=O) groups excluding carboxylic acids is 1. The molecule has 2 aliphatic heterocycles. The maximum atomic E-state index is 13.7. The fourth-order valence-corrected chi connectivity index (χ4v) is 7.21. The molecular weight excluding hydrogens is 616 g/mol. The number of methoxy groups -OCH3 is 1. The molecule has 1 aromatic carbocycles. The van der Waals surface area contributed by atoms with Gasteiger partial charge in [-0.3, -0.25) is 0 Å². The molecule has 4 heterocycles. The van der Waals surface area contributed by atoms with Crippen LogP contribution in [0.2, 0.25) is 0 Å². The summed E-state index contributed by atoms with van der Waals surface area (Å²) in [6.45, 7) is 3.67. The summed E-state index contributed by atoms with van der Waals surface area (Å²) in [6, 6.07) is 7.15. The molecule has 2 atom stereocenters. The van der Waals surface area contributed by atoms with Gasteiger partial charge in [-0.05, 0) is 0 Å². The van der Waals surface area contributed by atoms with Crippen molar-refractivity contribution in [3.63, 3.8) is 0 Å². The number of alkyl halides is 3. The molecule has 6 rings (SSSR count). The Balaban J connectivity index is 1.23. The van der Waals surface area contributed by atoms with Crippen LogP contribution in [-0.4, -0.2) is 98.8 Å². The molecule has 3 N–H and O–H groups in total. The van der Waals surface area contributed by atoms with E-state index in [1.807, 2.05) is 0 Å². The van der Waals surface area contributed by atoms with Crippen LogP contribution in [-0.2, 0) is 4.74 Å². The number of benzene rings is 1. The van der Waals surface area contributed by atoms with Crippen molar-refractivity contribution < 1.29 is 27.4 Å². The monoisotopic (exact) mass is 648 g/mol. The van der Waals surface area contributed by atoms with Crippen molar-refractivity contribution in [2.45, 2.75) is 29.5 Å². The van der Waals surface area contributed by atoms with Crippen LogP contribution in [0.15, 0.2) is 36.7 Å². The number of nitrogens with one attached hydrogen (secondary N) is 3. The van der Waals surface area contributed by atoms with E-state index in [1.165, 1.54) is 7.11 Å². The number of nitrogens with zero attached hydrogens (tertiary/aromatic N) is 3. The normalized spacial score (nSPS) is 22.0. The molecular formula is C29H31F3N6O3Se. The molecule has 2 saturated heterocycles. The Bertz CT molecular complexity index is 1560. The van der Waals surface area contributed by atoms with Crippen LogP contribution in [0.25, 0.3) is 5.52 Å². The summed E-state index contributed by atoms with van der Waals surface area (Å²) >= 11 is -1.81. The average Bonchev–Trinajstić information content (AvgIpc) is 3.54. The molecule has 0 bridgehead atoms. The van der Waals surface area contributed by atoms with Crippen LogP contribution >= 0.6 is 0 Å². The first-order chi connectivity index (χ1) is 20.2. The summed E-state index contributed by atoms with van der Waals surface area (Å²) in [5.41, 5.74) is 1.83. The van der Waals surface area contributed by atoms with Gasteiger partial charge in [0.15, 0.2) is 0 Å². The fourth-order valence-electron chi connectivity index (χ4n) is 5.75. The summed E-state index contributed by atoms with van der Waals surface area (Å²) in [5, 5.41) is 4.96. The number of aromatic nitrogens is 2. The predicted octanol–water partition coefficient (Wildman–Crippen LogP) is 2.29. The van der Waals surface area contributed by atoms with Crippen molar-refractivity contribution in [2.75, 3.05) is 57.6 Å². The Kier molecular flexibility index (Phi) is 7.74. The predicted molar refractivity (Wildman–Crippen MR) is 154 cm³/mol. The molecule has 0 spiro atoms. The molecule has 13 heteroatoms. The number of hydrogen-bond donors (Lipinski definition) is 3. The first kappa shape index (κ1) is 28.7. The molecule has 0 radical (unpaired) electrons. The molecule has 9 nitrogen and oxygen atoms in total. The number of ether oxygens (including phenoxy) is 2. The quantitative estimate of drug-likeness (QED) is 0.256. The third-order valence-corrected chi connectivity index (χ3v) is 9.94. The minimum atomic E-state index is -4.35. The summed E-state index contributed by atoms with van der Waals surface area (Å²) in [6.07, 6.45) is 5.09. The number of hydrogen-bond acceptors (Lipinski definition) is 7. The summed E-state index contributed by atoms with van der Waals surface area (Å²) in [7, 11) is 3.06. The second-order valence-electron chi connectivity index (χ2n) is 10.7.